The van der Waals surface area contributed by atoms with Gasteiger partial charge in [-0.2, -0.15) is 0 Å². The van der Waals surface area contributed by atoms with Crippen LogP contribution >= 0.6 is 28.1 Å². The van der Waals surface area contributed by atoms with Crippen molar-refractivity contribution in [2.45, 2.75) is 6.54 Å². The monoisotopic (exact) mass is 449 g/mol. The van der Waals surface area contributed by atoms with Crippen LogP contribution in [0.1, 0.15) is 5.56 Å². The van der Waals surface area contributed by atoms with Gasteiger partial charge in [0.05, 0.1) is 19.9 Å². The fraction of sp³-hybridized carbons (Fsp3) is 0.350. The number of rotatable bonds is 5. The first-order valence-corrected chi connectivity index (χ1v) is 10.0. The van der Waals surface area contributed by atoms with Crippen LogP contribution in [0.15, 0.2) is 46.9 Å². The van der Waals surface area contributed by atoms with Crippen LogP contribution in [0.5, 0.6) is 11.5 Å². The highest BCUT2D eigenvalue weighted by Crippen LogP contribution is 2.29. The van der Waals surface area contributed by atoms with Gasteiger partial charge >= 0.3 is 0 Å². The molecular formula is C20H24BrN3O2S. The highest BCUT2D eigenvalue weighted by Gasteiger charge is 2.20. The summed E-state index contributed by atoms with van der Waals surface area (Å²) in [5.74, 6) is 1.47. The predicted molar refractivity (Wildman–Crippen MR) is 117 cm³/mol. The van der Waals surface area contributed by atoms with Crippen molar-refractivity contribution in [2.24, 2.45) is 0 Å². The standard InChI is InChI=1S/C20H24BrN3O2S/c1-25-16-7-8-18(19(13-16)26-2)22-20(27)24-11-9-23(10-12-24)14-15-5-3-4-6-17(15)21/h3-8,13H,9-12,14H2,1-2H3,(H,22,27). The quantitative estimate of drug-likeness (QED) is 0.695. The molecule has 0 unspecified atom stereocenters. The average molecular weight is 450 g/mol. The Morgan fingerprint density at radius 2 is 1.81 bits per heavy atom. The average Bonchev–Trinajstić information content (AvgIpc) is 2.70. The summed E-state index contributed by atoms with van der Waals surface area (Å²) in [7, 11) is 3.28. The second-order valence-electron chi connectivity index (χ2n) is 6.35. The largest absolute Gasteiger partial charge is 0.497 e. The Hall–Kier alpha value is -1.83. The molecule has 0 spiro atoms. The van der Waals surface area contributed by atoms with Gasteiger partial charge in [0.15, 0.2) is 5.11 Å². The van der Waals surface area contributed by atoms with E-state index in [1.807, 2.05) is 24.3 Å². The summed E-state index contributed by atoms with van der Waals surface area (Å²) in [4.78, 5) is 4.66. The van der Waals surface area contributed by atoms with E-state index in [1.54, 1.807) is 14.2 Å². The number of benzene rings is 2. The minimum Gasteiger partial charge on any atom is -0.497 e. The molecule has 1 heterocycles. The zero-order valence-corrected chi connectivity index (χ0v) is 18.0. The van der Waals surface area contributed by atoms with Crippen LogP contribution < -0.4 is 14.8 Å². The van der Waals surface area contributed by atoms with Gasteiger partial charge in [0.2, 0.25) is 0 Å². The zero-order valence-electron chi connectivity index (χ0n) is 15.6. The van der Waals surface area contributed by atoms with Gasteiger partial charge < -0.3 is 19.7 Å². The maximum Gasteiger partial charge on any atom is 0.173 e. The Morgan fingerprint density at radius 3 is 2.48 bits per heavy atom. The second kappa shape index (κ2) is 9.39. The summed E-state index contributed by atoms with van der Waals surface area (Å²) >= 11 is 9.25. The maximum absolute atomic E-state index is 5.62. The molecule has 1 aliphatic rings. The number of hydrogen-bond acceptors (Lipinski definition) is 4. The maximum atomic E-state index is 5.62. The number of piperazine rings is 1. The van der Waals surface area contributed by atoms with Crippen LogP contribution in [0, 0.1) is 0 Å². The zero-order chi connectivity index (χ0) is 19.2. The summed E-state index contributed by atoms with van der Waals surface area (Å²) in [5, 5.41) is 4.03. The fourth-order valence-electron chi connectivity index (χ4n) is 3.07. The lowest BCUT2D eigenvalue weighted by Gasteiger charge is -2.36. The summed E-state index contributed by atoms with van der Waals surface area (Å²) in [6, 6.07) is 14.0. The summed E-state index contributed by atoms with van der Waals surface area (Å²) in [6.07, 6.45) is 0. The van der Waals surface area contributed by atoms with E-state index in [0.29, 0.717) is 5.75 Å². The van der Waals surface area contributed by atoms with Gasteiger partial charge in [-0.3, -0.25) is 4.90 Å². The Morgan fingerprint density at radius 1 is 1.07 bits per heavy atom. The smallest absolute Gasteiger partial charge is 0.173 e. The van der Waals surface area contributed by atoms with E-state index in [0.717, 1.165) is 53.7 Å². The van der Waals surface area contributed by atoms with E-state index >= 15 is 0 Å². The van der Waals surface area contributed by atoms with Gasteiger partial charge in [-0.05, 0) is 36.0 Å². The number of halogens is 1. The third kappa shape index (κ3) is 5.12. The van der Waals surface area contributed by atoms with E-state index in [2.05, 4.69) is 49.2 Å². The first-order valence-electron chi connectivity index (χ1n) is 8.84. The first-order chi connectivity index (χ1) is 13.1. The van der Waals surface area contributed by atoms with Crippen LogP contribution in [-0.4, -0.2) is 55.3 Å². The minimum absolute atomic E-state index is 0.712. The SMILES string of the molecule is COc1ccc(NC(=S)N2CCN(Cc3ccccc3Br)CC2)c(OC)c1. The molecule has 0 bridgehead atoms. The molecule has 1 N–H and O–H groups in total. The van der Waals surface area contributed by atoms with Crippen molar-refractivity contribution < 1.29 is 9.47 Å². The van der Waals surface area contributed by atoms with E-state index < -0.39 is 0 Å². The third-order valence-corrected chi connectivity index (χ3v) is 5.80. The Labute approximate surface area is 174 Å². The molecule has 1 aliphatic heterocycles. The number of ether oxygens (including phenoxy) is 2. The van der Waals surface area contributed by atoms with Gasteiger partial charge in [0, 0.05) is 43.3 Å². The first kappa shape index (κ1) is 19.9. The molecule has 2 aromatic rings. The van der Waals surface area contributed by atoms with Crippen molar-refractivity contribution in [3.63, 3.8) is 0 Å². The summed E-state index contributed by atoms with van der Waals surface area (Å²) in [6.45, 7) is 4.69. The molecule has 2 aromatic carbocycles. The third-order valence-electron chi connectivity index (χ3n) is 4.66. The summed E-state index contributed by atoms with van der Waals surface area (Å²) < 4.78 is 11.8. The lowest BCUT2D eigenvalue weighted by molar-refractivity contribution is 0.176. The Bertz CT molecular complexity index is 795. The lowest BCUT2D eigenvalue weighted by Crippen LogP contribution is -2.49. The molecule has 7 heteroatoms. The van der Waals surface area contributed by atoms with Gasteiger partial charge in [0.1, 0.15) is 11.5 Å². The van der Waals surface area contributed by atoms with Crippen LogP contribution in [0.2, 0.25) is 0 Å². The fourth-order valence-corrected chi connectivity index (χ4v) is 3.78. The van der Waals surface area contributed by atoms with Crippen LogP contribution in [0.25, 0.3) is 0 Å². The topological polar surface area (TPSA) is 37.0 Å². The van der Waals surface area contributed by atoms with Gasteiger partial charge in [-0.15, -0.1) is 0 Å². The minimum atomic E-state index is 0.712. The van der Waals surface area contributed by atoms with Crippen molar-refractivity contribution in [2.75, 3.05) is 45.7 Å². The number of nitrogens with one attached hydrogen (secondary N) is 1. The van der Waals surface area contributed by atoms with E-state index in [-0.39, 0.29) is 0 Å². The van der Waals surface area contributed by atoms with E-state index in [9.17, 15) is 0 Å². The molecule has 0 aliphatic carbocycles. The van der Waals surface area contributed by atoms with Gasteiger partial charge in [-0.1, -0.05) is 34.1 Å². The summed E-state index contributed by atoms with van der Waals surface area (Å²) in [5.41, 5.74) is 2.16. The molecule has 144 valence electrons. The van der Waals surface area contributed by atoms with E-state index in [4.69, 9.17) is 21.7 Å². The number of anilines is 1. The highest BCUT2D eigenvalue weighted by atomic mass is 79.9. The van der Waals surface area contributed by atoms with Crippen LogP contribution in [-0.2, 0) is 6.54 Å². The molecule has 0 aromatic heterocycles. The Kier molecular flexibility index (Phi) is 6.93. The lowest BCUT2D eigenvalue weighted by atomic mass is 10.2. The number of hydrogen-bond donors (Lipinski definition) is 1. The van der Waals surface area contributed by atoms with Gasteiger partial charge in [-0.25, -0.2) is 0 Å². The molecule has 0 saturated carbocycles. The molecule has 0 atom stereocenters. The number of methoxy groups -OCH3 is 2. The van der Waals surface area contributed by atoms with Crippen LogP contribution in [0.3, 0.4) is 0 Å². The van der Waals surface area contributed by atoms with Crippen molar-refractivity contribution in [3.8, 4) is 11.5 Å². The molecule has 27 heavy (non-hydrogen) atoms. The Balaban J connectivity index is 1.55. The number of nitrogens with zero attached hydrogens (tertiary/aromatic N) is 2. The second-order valence-corrected chi connectivity index (χ2v) is 7.59. The van der Waals surface area contributed by atoms with Crippen LogP contribution in [0.4, 0.5) is 5.69 Å². The molecule has 1 fully saturated rings. The molecule has 0 amide bonds. The van der Waals surface area contributed by atoms with Crippen molar-refractivity contribution in [1.29, 1.82) is 0 Å². The molecule has 3 rings (SSSR count). The number of thiocarbonyl (C=S) groups is 1. The molecule has 0 radical (unpaired) electrons. The van der Waals surface area contributed by atoms with E-state index in [1.165, 1.54) is 5.56 Å². The van der Waals surface area contributed by atoms with Crippen molar-refractivity contribution >= 4 is 38.9 Å². The molecule has 1 saturated heterocycles. The van der Waals surface area contributed by atoms with Crippen molar-refractivity contribution in [1.82, 2.24) is 9.80 Å². The van der Waals surface area contributed by atoms with Crippen molar-refractivity contribution in [3.05, 3.63) is 52.5 Å². The molecular weight excluding hydrogens is 426 g/mol. The highest BCUT2D eigenvalue weighted by molar-refractivity contribution is 9.10. The van der Waals surface area contributed by atoms with Gasteiger partial charge in [0.25, 0.3) is 0 Å². The predicted octanol–water partition coefficient (Wildman–Crippen LogP) is 3.98. The normalized spacial score (nSPS) is 14.7. The molecule has 5 nitrogen and oxygen atoms in total.